The second kappa shape index (κ2) is 11.3. The molecule has 0 spiro atoms. The summed E-state index contributed by atoms with van der Waals surface area (Å²) >= 11 is 3.28. The molecule has 2 aromatic rings. The van der Waals surface area contributed by atoms with Gasteiger partial charge in [-0.15, -0.1) is 0 Å². The summed E-state index contributed by atoms with van der Waals surface area (Å²) in [6.07, 6.45) is 10.4. The largest absolute Gasteiger partial charge is 0.494 e. The van der Waals surface area contributed by atoms with Crippen LogP contribution in [0.25, 0.3) is 11.1 Å². The van der Waals surface area contributed by atoms with Crippen LogP contribution < -0.4 is 4.74 Å². The first-order valence-corrected chi connectivity index (χ1v) is 10.2. The summed E-state index contributed by atoms with van der Waals surface area (Å²) < 4.78 is 20.5. The molecule has 136 valence electrons. The van der Waals surface area contributed by atoms with E-state index in [1.165, 1.54) is 51.0 Å². The monoisotopic (exact) mass is 406 g/mol. The Morgan fingerprint density at radius 3 is 2.12 bits per heavy atom. The van der Waals surface area contributed by atoms with Gasteiger partial charge in [0.15, 0.2) is 0 Å². The van der Waals surface area contributed by atoms with E-state index in [0.29, 0.717) is 5.56 Å². The number of hydrogen-bond donors (Lipinski definition) is 0. The fourth-order valence-corrected chi connectivity index (χ4v) is 3.21. The van der Waals surface area contributed by atoms with E-state index in [-0.39, 0.29) is 5.82 Å². The number of hydrogen-bond acceptors (Lipinski definition) is 1. The third-order valence-electron chi connectivity index (χ3n) is 4.36. The van der Waals surface area contributed by atoms with Gasteiger partial charge in [0.2, 0.25) is 0 Å². The molecule has 0 saturated heterocycles. The van der Waals surface area contributed by atoms with Crippen LogP contribution in [0.2, 0.25) is 0 Å². The highest BCUT2D eigenvalue weighted by molar-refractivity contribution is 9.10. The average molecular weight is 407 g/mol. The summed E-state index contributed by atoms with van der Waals surface area (Å²) in [5.41, 5.74) is 1.47. The van der Waals surface area contributed by atoms with Gasteiger partial charge in [0.05, 0.1) is 6.61 Å². The van der Waals surface area contributed by atoms with Gasteiger partial charge >= 0.3 is 0 Å². The van der Waals surface area contributed by atoms with Crippen LogP contribution in [0.3, 0.4) is 0 Å². The van der Waals surface area contributed by atoms with Crippen LogP contribution in [0.15, 0.2) is 46.9 Å². The lowest BCUT2D eigenvalue weighted by molar-refractivity contribution is 0.304. The lowest BCUT2D eigenvalue weighted by Crippen LogP contribution is -1.97. The maximum Gasteiger partial charge on any atom is 0.132 e. The minimum Gasteiger partial charge on any atom is -0.494 e. The number of benzene rings is 2. The second-order valence-electron chi connectivity index (χ2n) is 6.47. The van der Waals surface area contributed by atoms with E-state index in [1.54, 1.807) is 6.07 Å². The van der Waals surface area contributed by atoms with Gasteiger partial charge in [-0.05, 0) is 36.2 Å². The van der Waals surface area contributed by atoms with Crippen LogP contribution in [-0.4, -0.2) is 6.61 Å². The van der Waals surface area contributed by atoms with Crippen molar-refractivity contribution in [2.75, 3.05) is 6.61 Å². The smallest absolute Gasteiger partial charge is 0.132 e. The predicted molar refractivity (Wildman–Crippen MR) is 108 cm³/mol. The minimum absolute atomic E-state index is 0.220. The first kappa shape index (κ1) is 20.0. The molecule has 2 aromatic carbocycles. The first-order valence-electron chi connectivity index (χ1n) is 9.39. The van der Waals surface area contributed by atoms with Crippen LogP contribution in [0.4, 0.5) is 4.39 Å². The Kier molecular flexibility index (Phi) is 9.03. The first-order chi connectivity index (χ1) is 12.2. The summed E-state index contributed by atoms with van der Waals surface area (Å²) in [7, 11) is 0. The van der Waals surface area contributed by atoms with E-state index in [4.69, 9.17) is 4.74 Å². The van der Waals surface area contributed by atoms with Crippen molar-refractivity contribution >= 4 is 15.9 Å². The van der Waals surface area contributed by atoms with E-state index in [2.05, 4.69) is 22.9 Å². The topological polar surface area (TPSA) is 9.23 Å². The fourth-order valence-electron chi connectivity index (χ4n) is 2.88. The Bertz CT molecular complexity index is 624. The van der Waals surface area contributed by atoms with Crippen LogP contribution in [0, 0.1) is 5.82 Å². The standard InChI is InChI=1S/C22H28BrFO/c1-2-3-4-5-6-7-8-9-16-25-20-13-10-18(11-14-20)21-15-12-19(23)17-22(21)24/h10-15,17H,2-9,16H2,1H3. The number of unbranched alkanes of at least 4 members (excludes halogenated alkanes) is 7. The van der Waals surface area contributed by atoms with E-state index in [1.807, 2.05) is 30.3 Å². The Morgan fingerprint density at radius 1 is 0.840 bits per heavy atom. The van der Waals surface area contributed by atoms with Crippen molar-refractivity contribution in [2.24, 2.45) is 0 Å². The Morgan fingerprint density at radius 2 is 1.48 bits per heavy atom. The summed E-state index contributed by atoms with van der Waals surface area (Å²) in [4.78, 5) is 0. The van der Waals surface area contributed by atoms with Crippen LogP contribution in [0.1, 0.15) is 58.3 Å². The van der Waals surface area contributed by atoms with Gasteiger partial charge in [-0.2, -0.15) is 0 Å². The van der Waals surface area contributed by atoms with E-state index >= 15 is 0 Å². The zero-order valence-electron chi connectivity index (χ0n) is 15.1. The quantitative estimate of drug-likeness (QED) is 0.346. The molecule has 0 N–H and O–H groups in total. The molecule has 3 heteroatoms. The second-order valence-corrected chi connectivity index (χ2v) is 7.39. The van der Waals surface area contributed by atoms with Crippen molar-refractivity contribution in [3.63, 3.8) is 0 Å². The molecule has 0 aliphatic heterocycles. The van der Waals surface area contributed by atoms with Gasteiger partial charge in [-0.3, -0.25) is 0 Å². The van der Waals surface area contributed by atoms with Crippen molar-refractivity contribution in [2.45, 2.75) is 58.3 Å². The molecule has 1 nitrogen and oxygen atoms in total. The molecule has 0 unspecified atom stereocenters. The third kappa shape index (κ3) is 7.19. The molecule has 0 aromatic heterocycles. The molecule has 0 aliphatic rings. The lowest BCUT2D eigenvalue weighted by Gasteiger charge is -2.08. The van der Waals surface area contributed by atoms with Crippen LogP contribution in [-0.2, 0) is 0 Å². The molecule has 0 fully saturated rings. The minimum atomic E-state index is -0.220. The molecule has 0 bridgehead atoms. The highest BCUT2D eigenvalue weighted by Crippen LogP contribution is 2.27. The summed E-state index contributed by atoms with van der Waals surface area (Å²) in [6.45, 7) is 3.00. The van der Waals surface area contributed by atoms with Gasteiger partial charge in [-0.1, -0.05) is 86.0 Å². The van der Waals surface area contributed by atoms with Crippen LogP contribution in [0.5, 0.6) is 5.75 Å². The highest BCUT2D eigenvalue weighted by atomic mass is 79.9. The van der Waals surface area contributed by atoms with Crippen molar-refractivity contribution < 1.29 is 9.13 Å². The normalized spacial score (nSPS) is 10.8. The summed E-state index contributed by atoms with van der Waals surface area (Å²) in [6, 6.07) is 12.8. The van der Waals surface area contributed by atoms with E-state index in [0.717, 1.165) is 28.8 Å². The van der Waals surface area contributed by atoms with E-state index in [9.17, 15) is 4.39 Å². The molecule has 0 saturated carbocycles. The summed E-state index contributed by atoms with van der Waals surface area (Å²) in [5.74, 6) is 0.631. The Balaban J connectivity index is 1.68. The van der Waals surface area contributed by atoms with Crippen molar-refractivity contribution in [1.82, 2.24) is 0 Å². The average Bonchev–Trinajstić information content (AvgIpc) is 2.61. The number of rotatable bonds is 11. The predicted octanol–water partition coefficient (Wildman–Crippen LogP) is 7.77. The molecule has 2 rings (SSSR count). The third-order valence-corrected chi connectivity index (χ3v) is 4.86. The molecular weight excluding hydrogens is 379 g/mol. The molecule has 0 radical (unpaired) electrons. The Labute approximate surface area is 159 Å². The van der Waals surface area contributed by atoms with Crippen molar-refractivity contribution in [3.05, 3.63) is 52.8 Å². The zero-order chi connectivity index (χ0) is 17.9. The van der Waals surface area contributed by atoms with Gasteiger partial charge in [0, 0.05) is 10.0 Å². The van der Waals surface area contributed by atoms with Gasteiger partial charge < -0.3 is 4.74 Å². The van der Waals surface area contributed by atoms with Gasteiger partial charge in [0.1, 0.15) is 11.6 Å². The summed E-state index contributed by atoms with van der Waals surface area (Å²) in [5, 5.41) is 0. The molecule has 0 atom stereocenters. The maximum atomic E-state index is 14.0. The number of halogens is 2. The van der Waals surface area contributed by atoms with Crippen molar-refractivity contribution in [1.29, 1.82) is 0 Å². The van der Waals surface area contributed by atoms with E-state index < -0.39 is 0 Å². The lowest BCUT2D eigenvalue weighted by atomic mass is 10.1. The maximum absolute atomic E-state index is 14.0. The van der Waals surface area contributed by atoms with Crippen molar-refractivity contribution in [3.8, 4) is 16.9 Å². The molecule has 0 amide bonds. The van der Waals surface area contributed by atoms with Gasteiger partial charge in [-0.25, -0.2) is 4.39 Å². The zero-order valence-corrected chi connectivity index (χ0v) is 16.7. The highest BCUT2D eigenvalue weighted by Gasteiger charge is 2.05. The molecule has 0 aliphatic carbocycles. The Hall–Kier alpha value is -1.35. The van der Waals surface area contributed by atoms with Gasteiger partial charge in [0.25, 0.3) is 0 Å². The molecular formula is C22H28BrFO. The molecule has 0 heterocycles. The SMILES string of the molecule is CCCCCCCCCCOc1ccc(-c2ccc(Br)cc2F)cc1. The van der Waals surface area contributed by atoms with Crippen LogP contribution >= 0.6 is 15.9 Å². The number of ether oxygens (including phenoxy) is 1. The fraction of sp³-hybridized carbons (Fsp3) is 0.455. The molecule has 25 heavy (non-hydrogen) atoms.